The van der Waals surface area contributed by atoms with Crippen LogP contribution < -0.4 is 16.6 Å². The molecule has 2 aromatic heterocycles. The van der Waals surface area contributed by atoms with E-state index in [0.717, 1.165) is 38.5 Å². The van der Waals surface area contributed by atoms with Gasteiger partial charge >= 0.3 is 5.69 Å². The molecule has 2 heterocycles. The number of aromatic nitrogens is 2. The van der Waals surface area contributed by atoms with E-state index in [-0.39, 0.29) is 29.0 Å². The summed E-state index contributed by atoms with van der Waals surface area (Å²) in [5.74, 6) is 0.563. The Kier molecular flexibility index (Phi) is 5.48. The van der Waals surface area contributed by atoms with Crippen molar-refractivity contribution < 1.29 is 4.79 Å². The van der Waals surface area contributed by atoms with Gasteiger partial charge in [0.15, 0.2) is 0 Å². The van der Waals surface area contributed by atoms with Gasteiger partial charge in [0.2, 0.25) is 5.91 Å². The lowest BCUT2D eigenvalue weighted by Gasteiger charge is -2.30. The van der Waals surface area contributed by atoms with Crippen molar-refractivity contribution in [3.05, 3.63) is 32.3 Å². The van der Waals surface area contributed by atoms with Crippen LogP contribution in [0.1, 0.15) is 57.8 Å². The highest BCUT2D eigenvalue weighted by Crippen LogP contribution is 2.30. The van der Waals surface area contributed by atoms with Crippen molar-refractivity contribution in [2.45, 2.75) is 70.4 Å². The topological polar surface area (TPSA) is 84.0 Å². The molecule has 0 spiro atoms. The van der Waals surface area contributed by atoms with Crippen LogP contribution in [-0.2, 0) is 11.3 Å². The minimum atomic E-state index is -0.330. The average molecular weight is 390 g/mol. The van der Waals surface area contributed by atoms with Gasteiger partial charge in [-0.15, -0.1) is 11.3 Å². The van der Waals surface area contributed by atoms with Crippen LogP contribution in [-0.4, -0.2) is 21.5 Å². The Bertz CT molecular complexity index is 914. The third-order valence-electron chi connectivity index (χ3n) is 6.20. The van der Waals surface area contributed by atoms with Crippen LogP contribution in [0.2, 0.25) is 0 Å². The molecule has 2 saturated carbocycles. The number of carbonyl (C=O) groups is 1. The Morgan fingerprint density at radius 2 is 1.85 bits per heavy atom. The maximum absolute atomic E-state index is 12.6. The fourth-order valence-electron chi connectivity index (χ4n) is 4.57. The van der Waals surface area contributed by atoms with E-state index < -0.39 is 0 Å². The van der Waals surface area contributed by atoms with Crippen molar-refractivity contribution in [1.29, 1.82) is 0 Å². The zero-order valence-electron chi connectivity index (χ0n) is 15.5. The molecule has 0 saturated heterocycles. The van der Waals surface area contributed by atoms with Crippen LogP contribution in [0.4, 0.5) is 0 Å². The summed E-state index contributed by atoms with van der Waals surface area (Å²) in [5, 5.41) is 5.06. The molecule has 0 atom stereocenters. The van der Waals surface area contributed by atoms with Crippen molar-refractivity contribution in [2.24, 2.45) is 11.8 Å². The zero-order chi connectivity index (χ0) is 18.8. The summed E-state index contributed by atoms with van der Waals surface area (Å²) in [7, 11) is 0. The largest absolute Gasteiger partial charge is 0.353 e. The first-order valence-corrected chi connectivity index (χ1v) is 11.0. The molecule has 0 radical (unpaired) electrons. The summed E-state index contributed by atoms with van der Waals surface area (Å²) < 4.78 is 1.95. The number of hydrogen-bond acceptors (Lipinski definition) is 4. The van der Waals surface area contributed by atoms with Gasteiger partial charge < -0.3 is 10.3 Å². The molecule has 7 heteroatoms. The van der Waals surface area contributed by atoms with Gasteiger partial charge in [0.1, 0.15) is 4.70 Å². The fourth-order valence-corrected chi connectivity index (χ4v) is 5.37. The van der Waals surface area contributed by atoms with Gasteiger partial charge in [0.25, 0.3) is 5.56 Å². The van der Waals surface area contributed by atoms with Gasteiger partial charge in [-0.1, -0.05) is 19.3 Å². The van der Waals surface area contributed by atoms with E-state index in [0.29, 0.717) is 22.8 Å². The van der Waals surface area contributed by atoms with Crippen molar-refractivity contribution in [3.63, 3.8) is 0 Å². The number of hydrogen-bond donors (Lipinski definition) is 2. The molecule has 2 aliphatic carbocycles. The Morgan fingerprint density at radius 3 is 2.59 bits per heavy atom. The lowest BCUT2D eigenvalue weighted by molar-refractivity contribution is -0.127. The quantitative estimate of drug-likeness (QED) is 0.843. The van der Waals surface area contributed by atoms with Gasteiger partial charge in [-0.05, 0) is 55.9 Å². The number of thiophene rings is 1. The second-order valence-corrected chi connectivity index (χ2v) is 8.99. The monoisotopic (exact) mass is 389 g/mol. The molecule has 0 aliphatic heterocycles. The molecule has 146 valence electrons. The van der Waals surface area contributed by atoms with E-state index in [4.69, 9.17) is 0 Å². The number of fused-ring (bicyclic) bond motifs is 1. The summed E-state index contributed by atoms with van der Waals surface area (Å²) >= 11 is 1.36. The van der Waals surface area contributed by atoms with Crippen LogP contribution in [0.3, 0.4) is 0 Å². The predicted octanol–water partition coefficient (Wildman–Crippen LogP) is 3.01. The van der Waals surface area contributed by atoms with Crippen molar-refractivity contribution in [1.82, 2.24) is 14.9 Å². The summed E-state index contributed by atoms with van der Waals surface area (Å²) in [6.07, 6.45) is 9.40. The number of H-pyrrole nitrogens is 1. The molecule has 2 aromatic rings. The summed E-state index contributed by atoms with van der Waals surface area (Å²) in [6, 6.07) is 2.13. The molecule has 2 N–H and O–H groups in total. The van der Waals surface area contributed by atoms with Crippen molar-refractivity contribution >= 4 is 27.5 Å². The summed E-state index contributed by atoms with van der Waals surface area (Å²) in [5.41, 5.74) is 0.0957. The highest BCUT2D eigenvalue weighted by Gasteiger charge is 2.28. The number of carbonyl (C=O) groups excluding carboxylic acids is 1. The molecular weight excluding hydrogens is 362 g/mol. The third kappa shape index (κ3) is 4.03. The minimum Gasteiger partial charge on any atom is -0.353 e. The Hall–Kier alpha value is -1.89. The number of aromatic amines is 1. The first-order valence-electron chi connectivity index (χ1n) is 10.1. The Balaban J connectivity index is 1.35. The van der Waals surface area contributed by atoms with Crippen LogP contribution in [0.15, 0.2) is 21.0 Å². The van der Waals surface area contributed by atoms with E-state index in [1.807, 2.05) is 5.38 Å². The van der Waals surface area contributed by atoms with Gasteiger partial charge in [0, 0.05) is 18.5 Å². The maximum Gasteiger partial charge on any atom is 0.328 e. The number of amides is 1. The molecule has 0 unspecified atom stereocenters. The number of rotatable bonds is 4. The highest BCUT2D eigenvalue weighted by molar-refractivity contribution is 7.17. The highest BCUT2D eigenvalue weighted by atomic mass is 32.1. The van der Waals surface area contributed by atoms with Gasteiger partial charge in [0.05, 0.1) is 5.52 Å². The predicted molar refractivity (Wildman–Crippen MR) is 107 cm³/mol. The lowest BCUT2D eigenvalue weighted by Crippen LogP contribution is -2.42. The third-order valence-corrected chi connectivity index (χ3v) is 7.10. The van der Waals surface area contributed by atoms with Gasteiger partial charge in [-0.2, -0.15) is 0 Å². The van der Waals surface area contributed by atoms with Crippen molar-refractivity contribution in [3.8, 4) is 0 Å². The molecule has 2 fully saturated rings. The number of nitrogens with one attached hydrogen (secondary N) is 2. The molecule has 6 nitrogen and oxygen atoms in total. The summed E-state index contributed by atoms with van der Waals surface area (Å²) in [4.78, 5) is 40.2. The van der Waals surface area contributed by atoms with E-state index in [2.05, 4.69) is 10.3 Å². The molecule has 4 rings (SSSR count). The van der Waals surface area contributed by atoms with E-state index in [1.54, 1.807) is 6.07 Å². The van der Waals surface area contributed by atoms with Gasteiger partial charge in [-0.25, -0.2) is 4.79 Å². The Labute approximate surface area is 162 Å². The van der Waals surface area contributed by atoms with Crippen molar-refractivity contribution in [2.75, 3.05) is 0 Å². The standard InChI is InChI=1S/C20H27N3O3S/c24-18(21-15-4-2-1-3-5-15)14-8-6-13(7-9-14)12-23-19(25)17-16(10-11-27-17)22-20(23)26/h10-11,13-15H,1-9,12H2,(H,21,24)(H,22,26). The molecule has 0 bridgehead atoms. The smallest absolute Gasteiger partial charge is 0.328 e. The molecule has 27 heavy (non-hydrogen) atoms. The first-order chi connectivity index (χ1) is 13.1. The van der Waals surface area contributed by atoms with Crippen LogP contribution in [0.25, 0.3) is 10.2 Å². The van der Waals surface area contributed by atoms with Gasteiger partial charge in [-0.3, -0.25) is 14.2 Å². The maximum atomic E-state index is 12.6. The van der Waals surface area contributed by atoms with E-state index >= 15 is 0 Å². The average Bonchev–Trinajstić information content (AvgIpc) is 3.15. The van der Waals surface area contributed by atoms with Crippen LogP contribution in [0, 0.1) is 11.8 Å². The first kappa shape index (κ1) is 18.5. The normalized spacial score (nSPS) is 24.1. The second kappa shape index (κ2) is 8.00. The van der Waals surface area contributed by atoms with Crippen LogP contribution >= 0.6 is 11.3 Å². The molecule has 2 aliphatic rings. The van der Waals surface area contributed by atoms with E-state index in [1.165, 1.54) is 35.2 Å². The lowest BCUT2D eigenvalue weighted by atomic mass is 9.81. The number of nitrogens with zero attached hydrogens (tertiary/aromatic N) is 1. The molecule has 1 amide bonds. The zero-order valence-corrected chi connectivity index (χ0v) is 16.4. The van der Waals surface area contributed by atoms with Crippen LogP contribution in [0.5, 0.6) is 0 Å². The molecular formula is C20H27N3O3S. The van der Waals surface area contributed by atoms with E-state index in [9.17, 15) is 14.4 Å². The Morgan fingerprint density at radius 1 is 1.11 bits per heavy atom. The molecule has 0 aromatic carbocycles. The second-order valence-electron chi connectivity index (χ2n) is 8.07. The minimum absolute atomic E-state index is 0.0814. The SMILES string of the molecule is O=C(NC1CCCCC1)C1CCC(Cn2c(=O)[nH]c3ccsc3c2=O)CC1. The summed E-state index contributed by atoms with van der Waals surface area (Å²) in [6.45, 7) is 0.443. The fraction of sp³-hybridized carbons (Fsp3) is 0.650.